The molecule has 3 rings (SSSR count). The Balaban J connectivity index is 1.57. The maximum Gasteiger partial charge on any atom is 0.262 e. The Morgan fingerprint density at radius 3 is 2.10 bits per heavy atom. The molecule has 0 spiro atoms. The Labute approximate surface area is 183 Å². The van der Waals surface area contributed by atoms with E-state index in [1.807, 2.05) is 37.3 Å². The average molecular weight is 448 g/mol. The molecule has 0 atom stereocenters. The molecule has 156 valence electrons. The predicted molar refractivity (Wildman–Crippen MR) is 112 cm³/mol. The number of amides is 4. The summed E-state index contributed by atoms with van der Waals surface area (Å²) in [4.78, 5) is 52.0. The van der Waals surface area contributed by atoms with E-state index in [1.54, 1.807) is 4.90 Å². The van der Waals surface area contributed by atoms with Crippen LogP contribution >= 0.6 is 23.2 Å². The Bertz CT molecular complexity index is 970. The van der Waals surface area contributed by atoms with E-state index < -0.39 is 24.3 Å². The third-order valence-electron chi connectivity index (χ3n) is 4.70. The Hall–Kier alpha value is -2.90. The Morgan fingerprint density at radius 1 is 1.00 bits per heavy atom. The highest BCUT2D eigenvalue weighted by Gasteiger charge is 2.37. The molecule has 1 N–H and O–H groups in total. The van der Waals surface area contributed by atoms with Gasteiger partial charge in [-0.15, -0.1) is 0 Å². The van der Waals surface area contributed by atoms with E-state index in [1.165, 1.54) is 12.1 Å². The lowest BCUT2D eigenvalue weighted by molar-refractivity contribution is -0.133. The van der Waals surface area contributed by atoms with Crippen LogP contribution in [0.25, 0.3) is 0 Å². The number of rotatable bonds is 7. The molecule has 30 heavy (non-hydrogen) atoms. The number of likely N-dealkylation sites (N-methyl/N-ethyl adjacent to an activating group) is 1. The van der Waals surface area contributed by atoms with Gasteiger partial charge in [0.25, 0.3) is 11.8 Å². The Kier molecular flexibility index (Phi) is 6.74. The van der Waals surface area contributed by atoms with Gasteiger partial charge in [0.15, 0.2) is 0 Å². The minimum Gasteiger partial charge on any atom is -0.345 e. The summed E-state index contributed by atoms with van der Waals surface area (Å²) in [6, 6.07) is 12.1. The molecule has 9 heteroatoms. The summed E-state index contributed by atoms with van der Waals surface area (Å²) >= 11 is 11.8. The summed E-state index contributed by atoms with van der Waals surface area (Å²) < 4.78 is 0. The fraction of sp³-hybridized carbons (Fsp3) is 0.238. The van der Waals surface area contributed by atoms with Crippen LogP contribution in [0.5, 0.6) is 0 Å². The molecule has 1 aliphatic heterocycles. The summed E-state index contributed by atoms with van der Waals surface area (Å²) in [5.74, 6) is -2.15. The molecule has 0 fully saturated rings. The highest BCUT2D eigenvalue weighted by atomic mass is 35.5. The van der Waals surface area contributed by atoms with Gasteiger partial charge in [-0.25, -0.2) is 0 Å². The quantitative estimate of drug-likeness (QED) is 0.661. The molecule has 0 bridgehead atoms. The maximum atomic E-state index is 12.5. The van der Waals surface area contributed by atoms with E-state index in [-0.39, 0.29) is 33.6 Å². The van der Waals surface area contributed by atoms with Crippen molar-refractivity contribution in [1.29, 1.82) is 0 Å². The van der Waals surface area contributed by atoms with Crippen molar-refractivity contribution >= 4 is 46.8 Å². The number of fused-ring (bicyclic) bond motifs is 1. The van der Waals surface area contributed by atoms with Crippen LogP contribution in [0, 0.1) is 0 Å². The lowest BCUT2D eigenvalue weighted by atomic mass is 10.1. The number of benzene rings is 2. The summed E-state index contributed by atoms with van der Waals surface area (Å²) in [6.07, 6.45) is 0. The normalized spacial score (nSPS) is 12.7. The first-order chi connectivity index (χ1) is 14.3. The third kappa shape index (κ3) is 4.63. The molecule has 7 nitrogen and oxygen atoms in total. The van der Waals surface area contributed by atoms with Crippen LogP contribution in [-0.2, 0) is 16.1 Å². The molecule has 0 saturated heterocycles. The first kappa shape index (κ1) is 21.8. The van der Waals surface area contributed by atoms with Gasteiger partial charge in [0.05, 0.1) is 27.7 Å². The van der Waals surface area contributed by atoms with Crippen molar-refractivity contribution in [3.63, 3.8) is 0 Å². The standard InChI is InChI=1S/C21H19Cl2N3O4/c1-2-25(11-13-6-4-3-5-7-13)19(28)10-24-18(27)12-26-20(29)14-8-16(22)17(23)9-15(14)21(26)30/h3-9H,2,10-12H2,1H3,(H,24,27). The number of hydrogen-bond donors (Lipinski definition) is 1. The summed E-state index contributed by atoms with van der Waals surface area (Å²) in [5.41, 5.74) is 1.17. The molecule has 0 saturated carbocycles. The monoisotopic (exact) mass is 447 g/mol. The molecular weight excluding hydrogens is 429 g/mol. The maximum absolute atomic E-state index is 12.5. The van der Waals surface area contributed by atoms with Crippen molar-refractivity contribution in [3.05, 3.63) is 69.2 Å². The Morgan fingerprint density at radius 2 is 1.57 bits per heavy atom. The van der Waals surface area contributed by atoms with Crippen LogP contribution in [0.2, 0.25) is 10.0 Å². The van der Waals surface area contributed by atoms with Crippen LogP contribution in [0.4, 0.5) is 0 Å². The van der Waals surface area contributed by atoms with E-state index in [9.17, 15) is 19.2 Å². The van der Waals surface area contributed by atoms with E-state index >= 15 is 0 Å². The first-order valence-corrected chi connectivity index (χ1v) is 10.0. The lowest BCUT2D eigenvalue weighted by Gasteiger charge is -2.21. The van der Waals surface area contributed by atoms with Gasteiger partial charge in [-0.05, 0) is 24.6 Å². The molecule has 4 amide bonds. The number of carbonyl (C=O) groups excluding carboxylic acids is 4. The fourth-order valence-electron chi connectivity index (χ4n) is 3.09. The lowest BCUT2D eigenvalue weighted by Crippen LogP contribution is -2.44. The van der Waals surface area contributed by atoms with Gasteiger partial charge in [0.1, 0.15) is 6.54 Å². The zero-order chi connectivity index (χ0) is 21.8. The van der Waals surface area contributed by atoms with Gasteiger partial charge in [0, 0.05) is 13.1 Å². The second-order valence-electron chi connectivity index (χ2n) is 6.68. The molecule has 0 radical (unpaired) electrons. The molecular formula is C21H19Cl2N3O4. The highest BCUT2D eigenvalue weighted by Crippen LogP contribution is 2.31. The number of halogens is 2. The SMILES string of the molecule is CCN(Cc1ccccc1)C(=O)CNC(=O)CN1C(=O)c2cc(Cl)c(Cl)cc2C1=O. The van der Waals surface area contributed by atoms with Crippen LogP contribution < -0.4 is 5.32 Å². The van der Waals surface area contributed by atoms with Crippen LogP contribution in [-0.4, -0.2) is 53.1 Å². The molecule has 1 aliphatic rings. The van der Waals surface area contributed by atoms with E-state index in [0.29, 0.717) is 13.1 Å². The van der Waals surface area contributed by atoms with Crippen molar-refractivity contribution in [2.24, 2.45) is 0 Å². The van der Waals surface area contributed by atoms with Gasteiger partial charge in [-0.3, -0.25) is 24.1 Å². The van der Waals surface area contributed by atoms with Gasteiger partial charge in [-0.1, -0.05) is 53.5 Å². The largest absolute Gasteiger partial charge is 0.345 e. The number of nitrogens with one attached hydrogen (secondary N) is 1. The number of hydrogen-bond acceptors (Lipinski definition) is 4. The van der Waals surface area contributed by atoms with Crippen molar-refractivity contribution in [3.8, 4) is 0 Å². The molecule has 2 aromatic carbocycles. The first-order valence-electron chi connectivity index (χ1n) is 9.25. The summed E-state index contributed by atoms with van der Waals surface area (Å²) in [7, 11) is 0. The number of carbonyl (C=O) groups is 4. The summed E-state index contributed by atoms with van der Waals surface area (Å²) in [5, 5.41) is 2.76. The smallest absolute Gasteiger partial charge is 0.262 e. The van der Waals surface area contributed by atoms with Gasteiger partial charge in [0.2, 0.25) is 11.8 Å². The summed E-state index contributed by atoms with van der Waals surface area (Å²) in [6.45, 7) is 2.01. The zero-order valence-electron chi connectivity index (χ0n) is 16.2. The van der Waals surface area contributed by atoms with Gasteiger partial charge >= 0.3 is 0 Å². The van der Waals surface area contributed by atoms with Crippen LogP contribution in [0.3, 0.4) is 0 Å². The number of imide groups is 1. The van der Waals surface area contributed by atoms with Crippen LogP contribution in [0.1, 0.15) is 33.2 Å². The second kappa shape index (κ2) is 9.28. The average Bonchev–Trinajstić information content (AvgIpc) is 2.95. The van der Waals surface area contributed by atoms with Crippen LogP contribution in [0.15, 0.2) is 42.5 Å². The molecule has 0 unspecified atom stereocenters. The van der Waals surface area contributed by atoms with Crippen molar-refractivity contribution in [1.82, 2.24) is 15.1 Å². The third-order valence-corrected chi connectivity index (χ3v) is 5.42. The van der Waals surface area contributed by atoms with Crippen molar-refractivity contribution in [2.75, 3.05) is 19.6 Å². The van der Waals surface area contributed by atoms with Crippen molar-refractivity contribution < 1.29 is 19.2 Å². The molecule has 2 aromatic rings. The van der Waals surface area contributed by atoms with Gasteiger partial charge in [-0.2, -0.15) is 0 Å². The van der Waals surface area contributed by atoms with E-state index in [2.05, 4.69) is 5.32 Å². The topological polar surface area (TPSA) is 86.8 Å². The molecule has 1 heterocycles. The number of nitrogens with zero attached hydrogens (tertiary/aromatic N) is 2. The minimum atomic E-state index is -0.630. The van der Waals surface area contributed by atoms with E-state index in [4.69, 9.17) is 23.2 Å². The molecule has 0 aromatic heterocycles. The minimum absolute atomic E-state index is 0.0956. The predicted octanol–water partition coefficient (Wildman–Crippen LogP) is 2.75. The van der Waals surface area contributed by atoms with Gasteiger partial charge < -0.3 is 10.2 Å². The second-order valence-corrected chi connectivity index (χ2v) is 7.49. The highest BCUT2D eigenvalue weighted by molar-refractivity contribution is 6.43. The zero-order valence-corrected chi connectivity index (χ0v) is 17.7. The molecule has 0 aliphatic carbocycles. The fourth-order valence-corrected chi connectivity index (χ4v) is 3.42. The van der Waals surface area contributed by atoms with Crippen molar-refractivity contribution in [2.45, 2.75) is 13.5 Å². The van der Waals surface area contributed by atoms with E-state index in [0.717, 1.165) is 10.5 Å².